The second-order valence-electron chi connectivity index (χ2n) is 10.4. The molecule has 2 fully saturated rings. The van der Waals surface area contributed by atoms with Crippen LogP contribution >= 0.6 is 0 Å². The normalized spacial score (nSPS) is 20.6. The standard InChI is InChI=1S/C28H39N3O3/c1-3-25(31-20-29-24(19-26(31)32)23-12-8-5-9-13-23)28(34)14-16-30(17-15-28)27(33)21(2)18-22-10-6-4-7-11-22/h5,8-9,12-13,19-22,25,34H,3-4,6-7,10-11,14-18H2,1-2H3/t21-,25-/m1/s1. The minimum Gasteiger partial charge on any atom is -0.388 e. The van der Waals surface area contributed by atoms with Crippen molar-refractivity contribution in [1.82, 2.24) is 14.5 Å². The van der Waals surface area contributed by atoms with E-state index in [4.69, 9.17) is 0 Å². The Morgan fingerprint density at radius 3 is 2.44 bits per heavy atom. The third-order valence-electron chi connectivity index (χ3n) is 8.02. The van der Waals surface area contributed by atoms with Gasteiger partial charge in [-0.3, -0.25) is 14.2 Å². The van der Waals surface area contributed by atoms with Gasteiger partial charge in [0.25, 0.3) is 5.56 Å². The molecule has 0 bridgehead atoms. The van der Waals surface area contributed by atoms with E-state index in [1.165, 1.54) is 32.1 Å². The van der Waals surface area contributed by atoms with E-state index in [-0.39, 0.29) is 23.4 Å². The van der Waals surface area contributed by atoms with E-state index in [1.54, 1.807) is 17.0 Å². The number of hydrogen-bond donors (Lipinski definition) is 1. The summed E-state index contributed by atoms with van der Waals surface area (Å²) in [5, 5.41) is 11.6. The Hall–Kier alpha value is -2.47. The van der Waals surface area contributed by atoms with Crippen LogP contribution in [0.2, 0.25) is 0 Å². The van der Waals surface area contributed by atoms with Gasteiger partial charge in [0.15, 0.2) is 0 Å². The summed E-state index contributed by atoms with van der Waals surface area (Å²) >= 11 is 0. The second kappa shape index (κ2) is 10.9. The van der Waals surface area contributed by atoms with Gasteiger partial charge in [0.2, 0.25) is 5.91 Å². The van der Waals surface area contributed by atoms with Crippen LogP contribution < -0.4 is 5.56 Å². The van der Waals surface area contributed by atoms with E-state index in [0.29, 0.717) is 44.0 Å². The summed E-state index contributed by atoms with van der Waals surface area (Å²) in [5.41, 5.74) is 0.343. The first-order chi connectivity index (χ1) is 16.4. The topological polar surface area (TPSA) is 75.4 Å². The molecule has 2 aliphatic rings. The van der Waals surface area contributed by atoms with Crippen molar-refractivity contribution in [2.45, 2.75) is 83.3 Å². The first kappa shape index (κ1) is 24.6. The summed E-state index contributed by atoms with van der Waals surface area (Å²) in [7, 11) is 0. The van der Waals surface area contributed by atoms with Crippen molar-refractivity contribution in [3.63, 3.8) is 0 Å². The van der Waals surface area contributed by atoms with Crippen molar-refractivity contribution >= 4 is 5.91 Å². The molecule has 1 saturated carbocycles. The van der Waals surface area contributed by atoms with Crippen LogP contribution in [0, 0.1) is 11.8 Å². The van der Waals surface area contributed by atoms with Crippen LogP contribution in [0.5, 0.6) is 0 Å². The molecular weight excluding hydrogens is 426 g/mol. The zero-order valence-electron chi connectivity index (χ0n) is 20.7. The van der Waals surface area contributed by atoms with Crippen molar-refractivity contribution in [3.05, 3.63) is 53.1 Å². The number of benzene rings is 1. The summed E-state index contributed by atoms with van der Waals surface area (Å²) in [4.78, 5) is 32.5. The number of hydrogen-bond acceptors (Lipinski definition) is 4. The predicted molar refractivity (Wildman–Crippen MR) is 134 cm³/mol. The molecule has 1 aliphatic heterocycles. The van der Waals surface area contributed by atoms with Crippen LogP contribution in [0.4, 0.5) is 0 Å². The van der Waals surface area contributed by atoms with Gasteiger partial charge in [0, 0.05) is 30.6 Å². The summed E-state index contributed by atoms with van der Waals surface area (Å²) in [6.45, 7) is 5.12. The van der Waals surface area contributed by atoms with Crippen molar-refractivity contribution in [2.75, 3.05) is 13.1 Å². The Morgan fingerprint density at radius 1 is 1.15 bits per heavy atom. The molecule has 2 aromatic rings. The van der Waals surface area contributed by atoms with Crippen LogP contribution in [-0.4, -0.2) is 44.2 Å². The number of piperidine rings is 1. The Labute approximate surface area is 203 Å². The molecule has 1 N–H and O–H groups in total. The average Bonchev–Trinajstić information content (AvgIpc) is 2.86. The molecule has 1 aromatic carbocycles. The molecular formula is C28H39N3O3. The van der Waals surface area contributed by atoms with E-state index < -0.39 is 5.60 Å². The first-order valence-corrected chi connectivity index (χ1v) is 13.1. The number of aromatic nitrogens is 2. The number of rotatable bonds is 7. The summed E-state index contributed by atoms with van der Waals surface area (Å²) < 4.78 is 1.58. The van der Waals surface area contributed by atoms with Gasteiger partial charge >= 0.3 is 0 Å². The zero-order chi connectivity index (χ0) is 24.1. The molecule has 0 radical (unpaired) electrons. The number of amides is 1. The van der Waals surface area contributed by atoms with Crippen molar-refractivity contribution in [3.8, 4) is 11.3 Å². The lowest BCUT2D eigenvalue weighted by Crippen LogP contribution is -2.53. The minimum atomic E-state index is -1.03. The summed E-state index contributed by atoms with van der Waals surface area (Å²) in [6.07, 6.45) is 10.5. The highest BCUT2D eigenvalue weighted by molar-refractivity contribution is 5.78. The highest BCUT2D eigenvalue weighted by Gasteiger charge is 2.42. The van der Waals surface area contributed by atoms with Gasteiger partial charge in [0.1, 0.15) is 0 Å². The number of aliphatic hydroxyl groups is 1. The number of carbonyl (C=O) groups excluding carboxylic acids is 1. The molecule has 1 aliphatic carbocycles. The molecule has 0 spiro atoms. The lowest BCUT2D eigenvalue weighted by Gasteiger charge is -2.43. The van der Waals surface area contributed by atoms with Crippen LogP contribution in [0.15, 0.2) is 47.5 Å². The SMILES string of the molecule is CC[C@@H](n1cnc(-c2ccccc2)cc1=O)C1(O)CCN(C(=O)[C@H](C)CC2CCCCC2)CC1. The highest BCUT2D eigenvalue weighted by atomic mass is 16.3. The summed E-state index contributed by atoms with van der Waals surface area (Å²) in [6, 6.07) is 10.8. The number of carbonyl (C=O) groups is 1. The summed E-state index contributed by atoms with van der Waals surface area (Å²) in [5.74, 6) is 0.928. The maximum Gasteiger partial charge on any atom is 0.254 e. The molecule has 2 heterocycles. The van der Waals surface area contributed by atoms with E-state index in [2.05, 4.69) is 11.9 Å². The Morgan fingerprint density at radius 2 is 1.82 bits per heavy atom. The molecule has 4 rings (SSSR count). The maximum atomic E-state index is 13.1. The quantitative estimate of drug-likeness (QED) is 0.636. The number of likely N-dealkylation sites (tertiary alicyclic amines) is 1. The van der Waals surface area contributed by atoms with Crippen LogP contribution in [0.1, 0.15) is 77.7 Å². The Kier molecular flexibility index (Phi) is 7.87. The highest BCUT2D eigenvalue weighted by Crippen LogP contribution is 2.36. The monoisotopic (exact) mass is 465 g/mol. The molecule has 6 nitrogen and oxygen atoms in total. The fraction of sp³-hybridized carbons (Fsp3) is 0.607. The first-order valence-electron chi connectivity index (χ1n) is 13.1. The van der Waals surface area contributed by atoms with Crippen molar-refractivity contribution in [2.24, 2.45) is 11.8 Å². The largest absolute Gasteiger partial charge is 0.388 e. The van der Waals surface area contributed by atoms with Crippen LogP contribution in [-0.2, 0) is 4.79 Å². The smallest absolute Gasteiger partial charge is 0.254 e. The van der Waals surface area contributed by atoms with Gasteiger partial charge in [-0.1, -0.05) is 76.3 Å². The van der Waals surface area contributed by atoms with Crippen molar-refractivity contribution < 1.29 is 9.90 Å². The average molecular weight is 466 g/mol. The lowest BCUT2D eigenvalue weighted by molar-refractivity contribution is -0.141. The van der Waals surface area contributed by atoms with Gasteiger partial charge in [-0.2, -0.15) is 0 Å². The second-order valence-corrected chi connectivity index (χ2v) is 10.4. The number of nitrogens with zero attached hydrogens (tertiary/aromatic N) is 3. The van der Waals surface area contributed by atoms with Gasteiger partial charge < -0.3 is 10.0 Å². The van der Waals surface area contributed by atoms with Gasteiger partial charge in [-0.15, -0.1) is 0 Å². The van der Waals surface area contributed by atoms with Gasteiger partial charge in [0.05, 0.1) is 23.7 Å². The van der Waals surface area contributed by atoms with E-state index in [0.717, 1.165) is 12.0 Å². The molecule has 1 amide bonds. The van der Waals surface area contributed by atoms with E-state index in [1.807, 2.05) is 42.2 Å². The minimum absolute atomic E-state index is 0.0358. The Balaban J connectivity index is 1.41. The molecule has 0 unspecified atom stereocenters. The fourth-order valence-electron chi connectivity index (χ4n) is 6.03. The predicted octanol–water partition coefficient (Wildman–Crippen LogP) is 4.82. The van der Waals surface area contributed by atoms with Gasteiger partial charge in [-0.05, 0) is 31.6 Å². The molecule has 34 heavy (non-hydrogen) atoms. The lowest BCUT2D eigenvalue weighted by atomic mass is 9.81. The van der Waals surface area contributed by atoms with Crippen LogP contribution in [0.3, 0.4) is 0 Å². The zero-order valence-corrected chi connectivity index (χ0v) is 20.7. The van der Waals surface area contributed by atoms with Crippen molar-refractivity contribution in [1.29, 1.82) is 0 Å². The third-order valence-corrected chi connectivity index (χ3v) is 8.02. The third kappa shape index (κ3) is 5.43. The molecule has 2 atom stereocenters. The van der Waals surface area contributed by atoms with Gasteiger partial charge in [-0.25, -0.2) is 4.98 Å². The van der Waals surface area contributed by atoms with E-state index in [9.17, 15) is 14.7 Å². The Bertz CT molecular complexity index is 1010. The fourth-order valence-corrected chi connectivity index (χ4v) is 6.03. The molecule has 184 valence electrons. The molecule has 6 heteroatoms. The van der Waals surface area contributed by atoms with E-state index >= 15 is 0 Å². The molecule has 1 saturated heterocycles. The maximum absolute atomic E-state index is 13.1. The molecule has 1 aromatic heterocycles. The van der Waals surface area contributed by atoms with Crippen LogP contribution in [0.25, 0.3) is 11.3 Å².